The van der Waals surface area contributed by atoms with E-state index >= 15 is 0 Å². The Morgan fingerprint density at radius 1 is 0.365 bits per heavy atom. The molecule has 0 unspecified atom stereocenters. The van der Waals surface area contributed by atoms with Crippen molar-refractivity contribution in [1.82, 2.24) is 4.98 Å². The van der Waals surface area contributed by atoms with Gasteiger partial charge in [-0.05, 0) is 97.4 Å². The van der Waals surface area contributed by atoms with Gasteiger partial charge in [-0.2, -0.15) is 0 Å². The van der Waals surface area contributed by atoms with Gasteiger partial charge >= 0.3 is 0 Å². The number of rotatable bonds is 6. The van der Waals surface area contributed by atoms with E-state index in [0.29, 0.717) is 0 Å². The van der Waals surface area contributed by atoms with E-state index in [4.69, 9.17) is 9.40 Å². The average molecular weight is 665 g/mol. The quantitative estimate of drug-likeness (QED) is 0.177. The molecular formula is C49H32N2O. The van der Waals surface area contributed by atoms with Crippen LogP contribution >= 0.6 is 0 Å². The van der Waals surface area contributed by atoms with E-state index in [0.717, 1.165) is 50.1 Å². The van der Waals surface area contributed by atoms with E-state index in [-0.39, 0.29) is 0 Å². The Morgan fingerprint density at radius 2 is 0.942 bits per heavy atom. The molecule has 0 spiro atoms. The third kappa shape index (κ3) is 5.28. The molecule has 0 amide bonds. The molecule has 10 rings (SSSR count). The summed E-state index contributed by atoms with van der Waals surface area (Å²) in [7, 11) is 0. The molecule has 0 aliphatic carbocycles. The molecule has 2 aromatic heterocycles. The van der Waals surface area contributed by atoms with E-state index in [1.54, 1.807) is 0 Å². The van der Waals surface area contributed by atoms with Crippen LogP contribution in [0.1, 0.15) is 0 Å². The number of furan rings is 1. The predicted octanol–water partition coefficient (Wildman–Crippen LogP) is 13.8. The summed E-state index contributed by atoms with van der Waals surface area (Å²) in [6.07, 6.45) is 1.96. The van der Waals surface area contributed by atoms with Crippen molar-refractivity contribution in [1.29, 1.82) is 0 Å². The fourth-order valence-corrected chi connectivity index (χ4v) is 7.47. The van der Waals surface area contributed by atoms with Crippen molar-refractivity contribution < 1.29 is 4.42 Å². The van der Waals surface area contributed by atoms with Crippen LogP contribution in [0.25, 0.3) is 77.0 Å². The van der Waals surface area contributed by atoms with Crippen LogP contribution in [-0.2, 0) is 0 Å². The largest absolute Gasteiger partial charge is 0.454 e. The summed E-state index contributed by atoms with van der Waals surface area (Å²) in [6, 6.07) is 66.7. The topological polar surface area (TPSA) is 29.3 Å². The molecule has 2 heterocycles. The van der Waals surface area contributed by atoms with Crippen LogP contribution < -0.4 is 4.90 Å². The molecule has 52 heavy (non-hydrogen) atoms. The second-order valence-electron chi connectivity index (χ2n) is 13.2. The molecule has 244 valence electrons. The van der Waals surface area contributed by atoms with Gasteiger partial charge in [-0.25, -0.2) is 4.98 Å². The number of hydrogen-bond donors (Lipinski definition) is 0. The van der Waals surface area contributed by atoms with Crippen LogP contribution in [0.5, 0.6) is 0 Å². The van der Waals surface area contributed by atoms with Crippen molar-refractivity contribution in [3.63, 3.8) is 0 Å². The van der Waals surface area contributed by atoms with Crippen molar-refractivity contribution >= 4 is 60.7 Å². The zero-order valence-corrected chi connectivity index (χ0v) is 28.3. The molecule has 10 aromatic rings. The molecule has 0 bridgehead atoms. The second-order valence-corrected chi connectivity index (χ2v) is 13.2. The highest BCUT2D eigenvalue weighted by Crippen LogP contribution is 2.40. The highest BCUT2D eigenvalue weighted by molar-refractivity contribution is 6.09. The molecule has 0 aliphatic rings. The lowest BCUT2D eigenvalue weighted by Gasteiger charge is -2.25. The lowest BCUT2D eigenvalue weighted by molar-refractivity contribution is 0.668. The number of nitrogens with zero attached hydrogens (tertiary/aromatic N) is 2. The first-order chi connectivity index (χ1) is 25.7. The van der Waals surface area contributed by atoms with Crippen LogP contribution in [0.2, 0.25) is 0 Å². The van der Waals surface area contributed by atoms with Gasteiger partial charge in [0.2, 0.25) is 0 Å². The normalized spacial score (nSPS) is 11.5. The Balaban J connectivity index is 1.07. The maximum Gasteiger partial charge on any atom is 0.155 e. The van der Waals surface area contributed by atoms with Crippen LogP contribution in [0, 0.1) is 0 Å². The molecule has 0 saturated heterocycles. The highest BCUT2D eigenvalue weighted by Gasteiger charge is 2.18. The minimum atomic E-state index is 0.759. The molecule has 3 nitrogen and oxygen atoms in total. The van der Waals surface area contributed by atoms with E-state index < -0.39 is 0 Å². The molecule has 0 atom stereocenters. The zero-order valence-electron chi connectivity index (χ0n) is 28.3. The lowest BCUT2D eigenvalue weighted by atomic mass is 9.98. The van der Waals surface area contributed by atoms with Gasteiger partial charge < -0.3 is 9.32 Å². The molecule has 0 N–H and O–H groups in total. The van der Waals surface area contributed by atoms with Crippen LogP contribution in [0.4, 0.5) is 17.1 Å². The highest BCUT2D eigenvalue weighted by atomic mass is 16.3. The molecule has 8 aromatic carbocycles. The number of anilines is 3. The van der Waals surface area contributed by atoms with E-state index in [9.17, 15) is 0 Å². The summed E-state index contributed by atoms with van der Waals surface area (Å²) in [5, 5.41) is 5.82. The second kappa shape index (κ2) is 12.4. The van der Waals surface area contributed by atoms with Gasteiger partial charge in [0.25, 0.3) is 0 Å². The standard InChI is InChI=1S/C49H32N2O/c1-2-10-33(11-3-1)37-16-8-17-38(28-37)34-20-24-41(25-21-34)51(42-26-22-36(23-27-42)45-19-9-15-35-12-6-7-18-44(35)45)43-31-48-49(50-32-43)46-29-39-13-4-5-14-40(39)30-47(46)52-48/h1-32H. The first kappa shape index (κ1) is 29.9. The summed E-state index contributed by atoms with van der Waals surface area (Å²) in [5.74, 6) is 0. The fourth-order valence-electron chi connectivity index (χ4n) is 7.47. The summed E-state index contributed by atoms with van der Waals surface area (Å²) >= 11 is 0. The van der Waals surface area contributed by atoms with Gasteiger partial charge in [-0.1, -0.05) is 140 Å². The number of fused-ring (bicyclic) bond motifs is 5. The van der Waals surface area contributed by atoms with Crippen molar-refractivity contribution in [3.8, 4) is 33.4 Å². The maximum atomic E-state index is 6.48. The maximum absolute atomic E-state index is 6.48. The zero-order chi connectivity index (χ0) is 34.4. The van der Waals surface area contributed by atoms with Gasteiger partial charge in [0.1, 0.15) is 11.1 Å². The van der Waals surface area contributed by atoms with E-state index in [2.05, 4.69) is 193 Å². The van der Waals surface area contributed by atoms with Gasteiger partial charge in [0.15, 0.2) is 5.58 Å². The van der Waals surface area contributed by atoms with E-state index in [1.165, 1.54) is 44.0 Å². The van der Waals surface area contributed by atoms with Gasteiger partial charge in [0, 0.05) is 22.8 Å². The minimum Gasteiger partial charge on any atom is -0.454 e. The Hall–Kier alpha value is -6.97. The summed E-state index contributed by atoms with van der Waals surface area (Å²) in [6.45, 7) is 0. The Labute approximate surface area is 301 Å². The van der Waals surface area contributed by atoms with Gasteiger partial charge in [-0.15, -0.1) is 0 Å². The Morgan fingerprint density at radius 3 is 1.69 bits per heavy atom. The molecule has 0 aliphatic heterocycles. The molecule has 0 fully saturated rings. The van der Waals surface area contributed by atoms with Crippen molar-refractivity contribution in [2.75, 3.05) is 4.90 Å². The number of benzene rings is 8. The molecule has 0 saturated carbocycles. The SMILES string of the molecule is c1ccc(-c2cccc(-c3ccc(N(c4ccc(-c5cccc6ccccc56)cc4)c4cnc5c(c4)oc4cc6ccccc6cc45)cc3)c2)cc1. The van der Waals surface area contributed by atoms with Gasteiger partial charge in [0.05, 0.1) is 11.9 Å². The molecular weight excluding hydrogens is 633 g/mol. The first-order valence-corrected chi connectivity index (χ1v) is 17.6. The number of hydrogen-bond acceptors (Lipinski definition) is 3. The first-order valence-electron chi connectivity index (χ1n) is 17.6. The van der Waals surface area contributed by atoms with E-state index in [1.807, 2.05) is 6.20 Å². The van der Waals surface area contributed by atoms with Crippen molar-refractivity contribution in [2.24, 2.45) is 0 Å². The third-order valence-electron chi connectivity index (χ3n) is 10.1. The van der Waals surface area contributed by atoms with Gasteiger partial charge in [-0.3, -0.25) is 0 Å². The summed E-state index contributed by atoms with van der Waals surface area (Å²) in [5.41, 5.74) is 12.6. The smallest absolute Gasteiger partial charge is 0.155 e. The Bertz CT molecular complexity index is 2880. The summed E-state index contributed by atoms with van der Waals surface area (Å²) in [4.78, 5) is 7.27. The molecule has 0 radical (unpaired) electrons. The summed E-state index contributed by atoms with van der Waals surface area (Å²) < 4.78 is 6.48. The monoisotopic (exact) mass is 664 g/mol. The van der Waals surface area contributed by atoms with Crippen molar-refractivity contribution in [2.45, 2.75) is 0 Å². The van der Waals surface area contributed by atoms with Crippen LogP contribution in [0.15, 0.2) is 199 Å². The molecule has 3 heteroatoms. The minimum absolute atomic E-state index is 0.759. The van der Waals surface area contributed by atoms with Crippen LogP contribution in [-0.4, -0.2) is 4.98 Å². The van der Waals surface area contributed by atoms with Crippen molar-refractivity contribution in [3.05, 3.63) is 194 Å². The average Bonchev–Trinajstić information content (AvgIpc) is 3.57. The fraction of sp³-hybridized carbons (Fsp3) is 0. The third-order valence-corrected chi connectivity index (χ3v) is 10.1. The number of pyridine rings is 1. The lowest BCUT2D eigenvalue weighted by Crippen LogP contribution is -2.10. The van der Waals surface area contributed by atoms with Crippen LogP contribution in [0.3, 0.4) is 0 Å². The predicted molar refractivity (Wildman–Crippen MR) is 218 cm³/mol. The number of aromatic nitrogens is 1. The Kier molecular flexibility index (Phi) is 7.14.